The first-order valence-electron chi connectivity index (χ1n) is 17.0. The Bertz CT molecular complexity index is 1910. The summed E-state index contributed by atoms with van der Waals surface area (Å²) >= 11 is 0. The summed E-state index contributed by atoms with van der Waals surface area (Å²) in [6.07, 6.45) is 5.56. The van der Waals surface area contributed by atoms with Crippen LogP contribution in [0.5, 0.6) is 0 Å². The lowest BCUT2D eigenvalue weighted by molar-refractivity contribution is 0.206. The molecule has 2 aliphatic rings. The summed E-state index contributed by atoms with van der Waals surface area (Å²) in [7, 11) is 0. The van der Waals surface area contributed by atoms with Gasteiger partial charge in [-0.15, -0.1) is 0 Å². The minimum atomic E-state index is -0.262. The summed E-state index contributed by atoms with van der Waals surface area (Å²) in [5, 5.41) is 28.1. The van der Waals surface area contributed by atoms with Crippen LogP contribution in [-0.4, -0.2) is 94.3 Å². The monoisotopic (exact) mass is 688 g/mol. The van der Waals surface area contributed by atoms with Crippen molar-refractivity contribution in [2.24, 2.45) is 0 Å². The van der Waals surface area contributed by atoms with Crippen molar-refractivity contribution in [2.45, 2.75) is 39.0 Å². The highest BCUT2D eigenvalue weighted by molar-refractivity contribution is 5.89. The predicted molar refractivity (Wildman–Crippen MR) is 190 cm³/mol. The largest absolute Gasteiger partial charge is 0.353 e. The fourth-order valence-electron chi connectivity index (χ4n) is 6.22. The van der Waals surface area contributed by atoms with Crippen LogP contribution in [0.15, 0.2) is 59.5 Å². The second-order valence-electron chi connectivity index (χ2n) is 13.0. The minimum Gasteiger partial charge on any atom is -0.353 e. The Labute approximate surface area is 296 Å². The fourth-order valence-corrected chi connectivity index (χ4v) is 6.22. The molecule has 2 N–H and O–H groups in total. The molecule has 1 atom stereocenters. The van der Waals surface area contributed by atoms with Crippen LogP contribution in [0.25, 0.3) is 0 Å². The maximum atomic E-state index is 13.2. The first-order chi connectivity index (χ1) is 24.7. The van der Waals surface area contributed by atoms with E-state index in [1.807, 2.05) is 31.3 Å². The van der Waals surface area contributed by atoms with E-state index in [1.54, 1.807) is 40.4 Å². The van der Waals surface area contributed by atoms with E-state index in [4.69, 9.17) is 15.0 Å². The van der Waals surface area contributed by atoms with E-state index in [1.165, 1.54) is 0 Å². The van der Waals surface area contributed by atoms with Crippen molar-refractivity contribution in [1.82, 2.24) is 29.9 Å². The third kappa shape index (κ3) is 8.33. The number of carbonyl (C=O) groups excluding carboxylic acids is 2. The number of aromatic nitrogens is 4. The number of rotatable bonds is 8. The van der Waals surface area contributed by atoms with E-state index in [-0.39, 0.29) is 29.8 Å². The van der Waals surface area contributed by atoms with E-state index in [0.717, 1.165) is 22.8 Å². The molecule has 15 nitrogen and oxygen atoms in total. The van der Waals surface area contributed by atoms with Crippen LogP contribution in [0.4, 0.5) is 32.9 Å². The molecule has 262 valence electrons. The molecule has 4 aromatic heterocycles. The van der Waals surface area contributed by atoms with Crippen LogP contribution in [0.3, 0.4) is 0 Å². The van der Waals surface area contributed by atoms with Gasteiger partial charge in [-0.25, -0.2) is 24.5 Å². The van der Waals surface area contributed by atoms with Gasteiger partial charge in [0.2, 0.25) is 5.88 Å². The highest BCUT2D eigenvalue weighted by atomic mass is 16.5. The molecule has 6 heterocycles. The number of hydrogen-bond acceptors (Lipinski definition) is 11. The molecular weight excluding hydrogens is 648 g/mol. The highest BCUT2D eigenvalue weighted by Gasteiger charge is 2.25. The molecule has 6 rings (SSSR count). The van der Waals surface area contributed by atoms with E-state index in [2.05, 4.69) is 66.5 Å². The quantitative estimate of drug-likeness (QED) is 0.260. The van der Waals surface area contributed by atoms with E-state index < -0.39 is 0 Å². The number of anilines is 4. The third-order valence-corrected chi connectivity index (χ3v) is 9.21. The van der Waals surface area contributed by atoms with Crippen LogP contribution in [0.1, 0.15) is 60.6 Å². The lowest BCUT2D eigenvalue weighted by Gasteiger charge is -2.35. The zero-order valence-corrected chi connectivity index (χ0v) is 28.9. The van der Waals surface area contributed by atoms with Gasteiger partial charge in [-0.1, -0.05) is 25.9 Å². The second kappa shape index (κ2) is 15.6. The zero-order chi connectivity index (χ0) is 35.9. The average Bonchev–Trinajstić information content (AvgIpc) is 3.63. The smallest absolute Gasteiger partial charge is 0.324 e. The third-order valence-electron chi connectivity index (χ3n) is 9.21. The van der Waals surface area contributed by atoms with E-state index in [0.29, 0.717) is 81.4 Å². The lowest BCUT2D eigenvalue weighted by atomic mass is 9.91. The molecule has 2 fully saturated rings. The second-order valence-corrected chi connectivity index (χ2v) is 13.0. The molecular formula is C36H40N12O3. The Morgan fingerprint density at radius 2 is 1.31 bits per heavy atom. The highest BCUT2D eigenvalue weighted by Crippen LogP contribution is 2.29. The number of pyridine rings is 3. The molecule has 4 amide bonds. The number of amides is 4. The Morgan fingerprint density at radius 3 is 1.80 bits per heavy atom. The SMILES string of the molecule is CC(C)c1cnc(NC(=O)N2CCN(c3ccc(C#N)cn3)CC2)cc1CC(C)c1cc(NC(=O)N2CCN(c3ccc(C#N)cn3)CC2)on1. The molecule has 0 spiro atoms. The lowest BCUT2D eigenvalue weighted by Crippen LogP contribution is -2.50. The molecule has 4 aromatic rings. The van der Waals surface area contributed by atoms with Gasteiger partial charge >= 0.3 is 12.1 Å². The van der Waals surface area contributed by atoms with Crippen LogP contribution in [-0.2, 0) is 6.42 Å². The molecule has 0 radical (unpaired) electrons. The summed E-state index contributed by atoms with van der Waals surface area (Å²) in [6, 6.07) is 14.5. The van der Waals surface area contributed by atoms with Crippen molar-refractivity contribution in [3.05, 3.63) is 82.9 Å². The van der Waals surface area contributed by atoms with Crippen LogP contribution >= 0.6 is 0 Å². The Hall–Kier alpha value is -6.22. The van der Waals surface area contributed by atoms with Crippen molar-refractivity contribution in [2.75, 3.05) is 72.8 Å². The summed E-state index contributed by atoms with van der Waals surface area (Å²) in [4.78, 5) is 47.2. The number of piperazine rings is 2. The van der Waals surface area contributed by atoms with Crippen molar-refractivity contribution in [3.63, 3.8) is 0 Å². The molecule has 1 unspecified atom stereocenters. The zero-order valence-electron chi connectivity index (χ0n) is 28.9. The number of nitriles is 2. The van der Waals surface area contributed by atoms with Gasteiger partial charge in [-0.3, -0.25) is 10.6 Å². The maximum Gasteiger partial charge on any atom is 0.324 e. The van der Waals surface area contributed by atoms with Gasteiger partial charge in [0.1, 0.15) is 29.6 Å². The molecule has 0 bridgehead atoms. The Balaban J connectivity index is 1.02. The number of hydrogen-bond donors (Lipinski definition) is 2. The molecule has 2 saturated heterocycles. The number of carbonyl (C=O) groups is 2. The minimum absolute atomic E-state index is 0.0461. The molecule has 51 heavy (non-hydrogen) atoms. The molecule has 0 aliphatic carbocycles. The molecule has 0 aromatic carbocycles. The van der Waals surface area contributed by atoms with E-state index in [9.17, 15) is 9.59 Å². The molecule has 0 saturated carbocycles. The predicted octanol–water partition coefficient (Wildman–Crippen LogP) is 4.78. The summed E-state index contributed by atoms with van der Waals surface area (Å²) in [5.74, 6) is 2.49. The number of urea groups is 2. The maximum absolute atomic E-state index is 13.2. The van der Waals surface area contributed by atoms with Crippen LogP contribution < -0.4 is 20.4 Å². The standard InChI is InChI=1S/C36H40N12O3/c1-24(2)29-23-39-31(42-35(49)47-12-8-45(9-13-47)32-6-4-26(19-37)21-40-32)17-28(29)16-25(3)30-18-34(51-44-30)43-36(50)48-14-10-46(11-15-48)33-7-5-27(20-38)22-41-33/h4-7,17-18,21-25H,8-16H2,1-3H3,(H,43,50)(H,39,42,49). The first kappa shape index (κ1) is 34.6. The van der Waals surface area contributed by atoms with Crippen molar-refractivity contribution < 1.29 is 14.1 Å². The van der Waals surface area contributed by atoms with Gasteiger partial charge in [-0.05, 0) is 53.8 Å². The Morgan fingerprint density at radius 1 is 0.765 bits per heavy atom. The van der Waals surface area contributed by atoms with Gasteiger partial charge < -0.3 is 24.1 Å². The van der Waals surface area contributed by atoms with Crippen molar-refractivity contribution >= 4 is 35.4 Å². The number of nitrogens with one attached hydrogen (secondary N) is 2. The van der Waals surface area contributed by atoms with Gasteiger partial charge in [-0.2, -0.15) is 10.5 Å². The topological polar surface area (TPSA) is 183 Å². The van der Waals surface area contributed by atoms with Gasteiger partial charge in [0.25, 0.3) is 0 Å². The van der Waals surface area contributed by atoms with Gasteiger partial charge in [0.15, 0.2) is 0 Å². The Kier molecular flexibility index (Phi) is 10.6. The molecule has 2 aliphatic heterocycles. The normalized spacial score (nSPS) is 15.3. The van der Waals surface area contributed by atoms with Gasteiger partial charge in [0, 0.05) is 82.9 Å². The summed E-state index contributed by atoms with van der Waals surface area (Å²) < 4.78 is 5.51. The van der Waals surface area contributed by atoms with E-state index >= 15 is 0 Å². The summed E-state index contributed by atoms with van der Waals surface area (Å²) in [5.41, 5.74) is 3.85. The molecule has 15 heteroatoms. The summed E-state index contributed by atoms with van der Waals surface area (Å²) in [6.45, 7) is 10.8. The van der Waals surface area contributed by atoms with Crippen molar-refractivity contribution in [1.29, 1.82) is 10.5 Å². The number of nitrogens with zero attached hydrogens (tertiary/aromatic N) is 10. The van der Waals surface area contributed by atoms with Crippen LogP contribution in [0.2, 0.25) is 0 Å². The fraction of sp³-hybridized carbons (Fsp3) is 0.389. The first-order valence-corrected chi connectivity index (χ1v) is 17.0. The van der Waals surface area contributed by atoms with Crippen molar-refractivity contribution in [3.8, 4) is 12.1 Å². The van der Waals surface area contributed by atoms with Gasteiger partial charge in [0.05, 0.1) is 16.8 Å². The van der Waals surface area contributed by atoms with Crippen LogP contribution in [0, 0.1) is 22.7 Å². The average molecular weight is 689 g/mol.